The summed E-state index contributed by atoms with van der Waals surface area (Å²) in [6, 6.07) is 0.328. The van der Waals surface area contributed by atoms with Crippen LogP contribution < -0.4 is 5.32 Å². The van der Waals surface area contributed by atoms with Gasteiger partial charge in [-0.05, 0) is 38.6 Å². The molecule has 0 spiro atoms. The molecule has 0 aromatic carbocycles. The molecule has 5 nitrogen and oxygen atoms in total. The molecule has 1 saturated heterocycles. The van der Waals surface area contributed by atoms with Crippen LogP contribution in [0.25, 0.3) is 0 Å². The van der Waals surface area contributed by atoms with Crippen molar-refractivity contribution in [3.63, 3.8) is 0 Å². The van der Waals surface area contributed by atoms with Crippen LogP contribution in [0.3, 0.4) is 0 Å². The van der Waals surface area contributed by atoms with Crippen LogP contribution in [0, 0.1) is 0 Å². The molecule has 0 bridgehead atoms. The van der Waals surface area contributed by atoms with Gasteiger partial charge in [0.05, 0.1) is 0 Å². The molecule has 21 heavy (non-hydrogen) atoms. The van der Waals surface area contributed by atoms with Crippen LogP contribution in [0.15, 0.2) is 18.7 Å². The van der Waals surface area contributed by atoms with Gasteiger partial charge in [-0.2, -0.15) is 11.8 Å². The second kappa shape index (κ2) is 9.00. The highest BCUT2D eigenvalue weighted by Gasteiger charge is 2.24. The SMILES string of the molecule is CSCCC(=O)N(Cc1cncnc1)C1CCCNCC1. The first-order valence-corrected chi connectivity index (χ1v) is 8.93. The summed E-state index contributed by atoms with van der Waals surface area (Å²) in [5, 5.41) is 3.41. The fourth-order valence-corrected chi connectivity index (χ4v) is 3.05. The number of hydrogen-bond donors (Lipinski definition) is 1. The average Bonchev–Trinajstić information content (AvgIpc) is 2.80. The third-order valence-electron chi connectivity index (χ3n) is 3.79. The highest BCUT2D eigenvalue weighted by molar-refractivity contribution is 7.98. The van der Waals surface area contributed by atoms with Gasteiger partial charge in [-0.25, -0.2) is 9.97 Å². The number of amides is 1. The smallest absolute Gasteiger partial charge is 0.223 e. The van der Waals surface area contributed by atoms with Crippen molar-refractivity contribution in [3.05, 3.63) is 24.3 Å². The van der Waals surface area contributed by atoms with E-state index >= 15 is 0 Å². The number of thioether (sulfide) groups is 1. The van der Waals surface area contributed by atoms with Crippen molar-refractivity contribution >= 4 is 17.7 Å². The van der Waals surface area contributed by atoms with Crippen molar-refractivity contribution in [2.45, 2.75) is 38.3 Å². The van der Waals surface area contributed by atoms with Gasteiger partial charge >= 0.3 is 0 Å². The molecule has 2 heterocycles. The lowest BCUT2D eigenvalue weighted by Crippen LogP contribution is -2.40. The molecule has 1 N–H and O–H groups in total. The molecule has 1 aromatic rings. The van der Waals surface area contributed by atoms with E-state index < -0.39 is 0 Å². The predicted octanol–water partition coefficient (Wildman–Crippen LogP) is 1.70. The first-order valence-electron chi connectivity index (χ1n) is 7.54. The summed E-state index contributed by atoms with van der Waals surface area (Å²) in [6.45, 7) is 2.67. The quantitative estimate of drug-likeness (QED) is 0.867. The first kappa shape index (κ1) is 16.2. The minimum absolute atomic E-state index is 0.250. The van der Waals surface area contributed by atoms with Crippen LogP contribution in [-0.2, 0) is 11.3 Å². The minimum Gasteiger partial charge on any atom is -0.335 e. The summed E-state index contributed by atoms with van der Waals surface area (Å²) in [7, 11) is 0. The third-order valence-corrected chi connectivity index (χ3v) is 4.41. The molecule has 1 amide bonds. The van der Waals surface area contributed by atoms with Crippen LogP contribution in [0.4, 0.5) is 0 Å². The second-order valence-corrected chi connectivity index (χ2v) is 6.33. The Labute approximate surface area is 130 Å². The van der Waals surface area contributed by atoms with Crippen LogP contribution >= 0.6 is 11.8 Å². The standard InChI is InChI=1S/C15H24N4OS/c1-21-8-5-15(20)19(11-13-9-17-12-18-10-13)14-3-2-6-16-7-4-14/h9-10,12,14,16H,2-8,11H2,1H3. The maximum Gasteiger partial charge on any atom is 0.223 e. The van der Waals surface area contributed by atoms with Crippen molar-refractivity contribution in [1.82, 2.24) is 20.2 Å². The fourth-order valence-electron chi connectivity index (χ4n) is 2.67. The topological polar surface area (TPSA) is 58.1 Å². The molecule has 0 saturated carbocycles. The number of nitrogens with one attached hydrogen (secondary N) is 1. The summed E-state index contributed by atoms with van der Waals surface area (Å²) >= 11 is 1.72. The minimum atomic E-state index is 0.250. The molecule has 0 radical (unpaired) electrons. The highest BCUT2D eigenvalue weighted by Crippen LogP contribution is 2.18. The molecular weight excluding hydrogens is 284 g/mol. The predicted molar refractivity (Wildman–Crippen MR) is 86.1 cm³/mol. The Morgan fingerprint density at radius 3 is 2.95 bits per heavy atom. The van der Waals surface area contributed by atoms with Gasteiger partial charge in [0, 0.05) is 42.7 Å². The lowest BCUT2D eigenvalue weighted by molar-refractivity contribution is -0.134. The van der Waals surface area contributed by atoms with Crippen molar-refractivity contribution in [2.24, 2.45) is 0 Å². The summed E-state index contributed by atoms with van der Waals surface area (Å²) < 4.78 is 0. The number of carbonyl (C=O) groups excluding carboxylic acids is 1. The van der Waals surface area contributed by atoms with Gasteiger partial charge in [-0.15, -0.1) is 0 Å². The van der Waals surface area contributed by atoms with E-state index in [0.29, 0.717) is 19.0 Å². The lowest BCUT2D eigenvalue weighted by atomic mass is 10.1. The van der Waals surface area contributed by atoms with Gasteiger partial charge in [0.25, 0.3) is 0 Å². The van der Waals surface area contributed by atoms with Gasteiger partial charge in [0.2, 0.25) is 5.91 Å². The van der Waals surface area contributed by atoms with E-state index in [1.807, 2.05) is 11.2 Å². The number of hydrogen-bond acceptors (Lipinski definition) is 5. The van der Waals surface area contributed by atoms with Crippen molar-refractivity contribution in [3.8, 4) is 0 Å². The van der Waals surface area contributed by atoms with Crippen LogP contribution in [-0.4, -0.2) is 51.9 Å². The van der Waals surface area contributed by atoms with Gasteiger partial charge in [0.15, 0.2) is 0 Å². The normalized spacial score (nSPS) is 19.0. The molecule has 1 atom stereocenters. The second-order valence-electron chi connectivity index (χ2n) is 5.35. The van der Waals surface area contributed by atoms with Crippen molar-refractivity contribution in [1.29, 1.82) is 0 Å². The number of rotatable bonds is 6. The fraction of sp³-hybridized carbons (Fsp3) is 0.667. The van der Waals surface area contributed by atoms with Crippen LogP contribution in [0.2, 0.25) is 0 Å². The maximum absolute atomic E-state index is 12.6. The van der Waals surface area contributed by atoms with Crippen LogP contribution in [0.5, 0.6) is 0 Å². The molecule has 6 heteroatoms. The third kappa shape index (κ3) is 5.28. The molecule has 2 rings (SSSR count). The zero-order valence-electron chi connectivity index (χ0n) is 12.6. The van der Waals surface area contributed by atoms with Gasteiger partial charge in [0.1, 0.15) is 6.33 Å². The van der Waals surface area contributed by atoms with E-state index in [1.54, 1.807) is 24.2 Å². The Hall–Kier alpha value is -1.14. The molecule has 0 aliphatic carbocycles. The average molecular weight is 308 g/mol. The summed E-state index contributed by atoms with van der Waals surface area (Å²) in [6.07, 6.45) is 11.0. The maximum atomic E-state index is 12.6. The summed E-state index contributed by atoms with van der Waals surface area (Å²) in [4.78, 5) is 22.7. The Kier molecular flexibility index (Phi) is 6.95. The van der Waals surface area contributed by atoms with Crippen molar-refractivity contribution < 1.29 is 4.79 Å². The first-order chi connectivity index (χ1) is 10.3. The number of nitrogens with zero attached hydrogens (tertiary/aromatic N) is 3. The van der Waals surface area contributed by atoms with E-state index in [4.69, 9.17) is 0 Å². The van der Waals surface area contributed by atoms with Crippen molar-refractivity contribution in [2.75, 3.05) is 25.1 Å². The zero-order valence-corrected chi connectivity index (χ0v) is 13.4. The monoisotopic (exact) mass is 308 g/mol. The van der Waals surface area contributed by atoms with E-state index in [2.05, 4.69) is 15.3 Å². The van der Waals surface area contributed by atoms with Crippen LogP contribution in [0.1, 0.15) is 31.2 Å². The summed E-state index contributed by atoms with van der Waals surface area (Å²) in [5.41, 5.74) is 1.01. The molecule has 1 aliphatic rings. The number of carbonyl (C=O) groups is 1. The Morgan fingerprint density at radius 2 is 2.19 bits per heavy atom. The molecular formula is C15H24N4OS. The Balaban J connectivity index is 2.06. The lowest BCUT2D eigenvalue weighted by Gasteiger charge is -2.31. The van der Waals surface area contributed by atoms with Gasteiger partial charge in [-0.1, -0.05) is 0 Å². The largest absolute Gasteiger partial charge is 0.335 e. The van der Waals surface area contributed by atoms with Gasteiger partial charge in [-0.3, -0.25) is 4.79 Å². The molecule has 1 aliphatic heterocycles. The Morgan fingerprint density at radius 1 is 1.38 bits per heavy atom. The Bertz CT molecular complexity index is 421. The highest BCUT2D eigenvalue weighted by atomic mass is 32.2. The zero-order chi connectivity index (χ0) is 14.9. The van der Waals surface area contributed by atoms with E-state index in [9.17, 15) is 4.79 Å². The van der Waals surface area contributed by atoms with E-state index in [1.165, 1.54) is 6.33 Å². The van der Waals surface area contributed by atoms with E-state index in [0.717, 1.165) is 43.7 Å². The molecule has 1 fully saturated rings. The number of aromatic nitrogens is 2. The molecule has 1 aromatic heterocycles. The van der Waals surface area contributed by atoms with Gasteiger partial charge < -0.3 is 10.2 Å². The summed E-state index contributed by atoms with van der Waals surface area (Å²) in [5.74, 6) is 1.13. The molecule has 1 unspecified atom stereocenters. The van der Waals surface area contributed by atoms with E-state index in [-0.39, 0.29) is 5.91 Å². The molecule has 116 valence electrons.